The average molecular weight is 327 g/mol. The first-order chi connectivity index (χ1) is 10.6. The summed E-state index contributed by atoms with van der Waals surface area (Å²) in [4.78, 5) is 32.6. The van der Waals surface area contributed by atoms with Crippen LogP contribution in [-0.2, 0) is 19.5 Å². The van der Waals surface area contributed by atoms with Crippen molar-refractivity contribution in [2.75, 3.05) is 5.88 Å². The molecule has 0 unspecified atom stereocenters. The second kappa shape index (κ2) is 7.63. The topological polar surface area (TPSA) is 72.7 Å². The van der Waals surface area contributed by atoms with Crippen LogP contribution in [-0.4, -0.2) is 25.0 Å². The number of nitrogens with zero attached hydrogens (tertiary/aromatic N) is 3. The quantitative estimate of drug-likeness (QED) is 0.597. The van der Waals surface area contributed by atoms with Crippen LogP contribution in [0.3, 0.4) is 0 Å². The summed E-state index contributed by atoms with van der Waals surface area (Å²) in [5.41, 5.74) is 0.373. The summed E-state index contributed by atoms with van der Waals surface area (Å²) in [6.07, 6.45) is 4.09. The Hall–Kier alpha value is -1.56. The van der Waals surface area contributed by atoms with Crippen LogP contribution >= 0.6 is 11.6 Å². The lowest BCUT2D eigenvalue weighted by atomic mass is 10.2. The molecule has 1 N–H and O–H groups in total. The summed E-state index contributed by atoms with van der Waals surface area (Å²) in [6.45, 7) is 4.94. The standard InChI is InChI=1S/C15H23ClN4O2/c1-3-9-19-13-12(14(21)20(10-4-2)15(19)22)17-11(18-13)7-5-6-8-16/h3-10H2,1-2H3,(H,17,18). The first kappa shape index (κ1) is 16.8. The minimum absolute atomic E-state index is 0.264. The van der Waals surface area contributed by atoms with Crippen molar-refractivity contribution in [2.45, 2.75) is 59.0 Å². The third-order valence-electron chi connectivity index (χ3n) is 3.60. The van der Waals surface area contributed by atoms with Gasteiger partial charge in [0.2, 0.25) is 0 Å². The Morgan fingerprint density at radius 2 is 1.77 bits per heavy atom. The number of rotatable bonds is 8. The number of aromatic amines is 1. The van der Waals surface area contributed by atoms with Crippen LogP contribution in [0.1, 0.15) is 45.4 Å². The van der Waals surface area contributed by atoms with Gasteiger partial charge in [-0.15, -0.1) is 11.6 Å². The van der Waals surface area contributed by atoms with E-state index in [1.165, 1.54) is 4.57 Å². The van der Waals surface area contributed by atoms with Crippen LogP contribution in [0.4, 0.5) is 0 Å². The Balaban J connectivity index is 2.56. The van der Waals surface area contributed by atoms with Crippen LogP contribution in [0.2, 0.25) is 0 Å². The summed E-state index contributed by atoms with van der Waals surface area (Å²) >= 11 is 5.69. The van der Waals surface area contributed by atoms with Crippen molar-refractivity contribution in [1.82, 2.24) is 19.1 Å². The summed E-state index contributed by atoms with van der Waals surface area (Å²) in [6, 6.07) is 0. The van der Waals surface area contributed by atoms with E-state index in [-0.39, 0.29) is 11.2 Å². The fourth-order valence-electron chi connectivity index (χ4n) is 2.57. The zero-order chi connectivity index (χ0) is 16.1. The maximum Gasteiger partial charge on any atom is 0.332 e. The number of hydrogen-bond donors (Lipinski definition) is 1. The Kier molecular flexibility index (Phi) is 5.83. The van der Waals surface area contributed by atoms with Gasteiger partial charge >= 0.3 is 5.69 Å². The molecule has 0 amide bonds. The fraction of sp³-hybridized carbons (Fsp3) is 0.667. The number of fused-ring (bicyclic) bond motifs is 1. The molecule has 0 aromatic carbocycles. The normalized spacial score (nSPS) is 11.4. The second-order valence-electron chi connectivity index (χ2n) is 5.42. The maximum atomic E-state index is 12.5. The van der Waals surface area contributed by atoms with Crippen LogP contribution in [0.25, 0.3) is 11.2 Å². The van der Waals surface area contributed by atoms with Crippen molar-refractivity contribution in [3.8, 4) is 0 Å². The number of alkyl halides is 1. The van der Waals surface area contributed by atoms with Crippen LogP contribution in [0.15, 0.2) is 9.59 Å². The van der Waals surface area contributed by atoms with Crippen molar-refractivity contribution < 1.29 is 0 Å². The molecule has 0 saturated heterocycles. The van der Waals surface area contributed by atoms with E-state index in [2.05, 4.69) is 9.97 Å². The van der Waals surface area contributed by atoms with Gasteiger partial charge in [0.25, 0.3) is 5.56 Å². The predicted molar refractivity (Wildman–Crippen MR) is 88.9 cm³/mol. The molecule has 0 fully saturated rings. The van der Waals surface area contributed by atoms with Gasteiger partial charge in [-0.05, 0) is 25.7 Å². The zero-order valence-electron chi connectivity index (χ0n) is 13.2. The predicted octanol–water partition coefficient (Wildman–Crippen LogP) is 2.27. The van der Waals surface area contributed by atoms with E-state index in [9.17, 15) is 9.59 Å². The summed E-state index contributed by atoms with van der Waals surface area (Å²) < 4.78 is 2.91. The molecule has 0 aliphatic heterocycles. The van der Waals surface area contributed by atoms with Gasteiger partial charge in [0, 0.05) is 25.4 Å². The summed E-state index contributed by atoms with van der Waals surface area (Å²) in [5.74, 6) is 1.36. The molecule has 0 saturated carbocycles. The Labute approximate surface area is 134 Å². The molecular weight excluding hydrogens is 304 g/mol. The zero-order valence-corrected chi connectivity index (χ0v) is 13.9. The van der Waals surface area contributed by atoms with Gasteiger partial charge in [0.1, 0.15) is 11.3 Å². The van der Waals surface area contributed by atoms with Crippen molar-refractivity contribution in [3.05, 3.63) is 26.7 Å². The number of aromatic nitrogens is 4. The lowest BCUT2D eigenvalue weighted by Crippen LogP contribution is -2.40. The highest BCUT2D eigenvalue weighted by Crippen LogP contribution is 2.09. The highest BCUT2D eigenvalue weighted by molar-refractivity contribution is 6.17. The van der Waals surface area contributed by atoms with E-state index in [1.807, 2.05) is 13.8 Å². The Morgan fingerprint density at radius 3 is 2.41 bits per heavy atom. The van der Waals surface area contributed by atoms with Gasteiger partial charge in [-0.25, -0.2) is 9.78 Å². The van der Waals surface area contributed by atoms with Gasteiger partial charge in [-0.2, -0.15) is 0 Å². The Bertz CT molecular complexity index is 744. The SMILES string of the molecule is CCCn1c(=O)c2[nH]c(CCCCCl)nc2n(CCC)c1=O. The third kappa shape index (κ3) is 3.27. The first-order valence-corrected chi connectivity index (χ1v) is 8.45. The van der Waals surface area contributed by atoms with Crippen molar-refractivity contribution in [2.24, 2.45) is 0 Å². The van der Waals surface area contributed by atoms with E-state index in [0.29, 0.717) is 30.1 Å². The first-order valence-electron chi connectivity index (χ1n) is 7.92. The molecule has 0 atom stereocenters. The second-order valence-corrected chi connectivity index (χ2v) is 5.80. The Morgan fingerprint density at radius 1 is 1.09 bits per heavy atom. The van der Waals surface area contributed by atoms with Crippen molar-refractivity contribution in [3.63, 3.8) is 0 Å². The molecule has 0 spiro atoms. The number of H-pyrrole nitrogens is 1. The number of unbranched alkanes of at least 4 members (excludes halogenated alkanes) is 1. The number of nitrogens with one attached hydrogen (secondary N) is 1. The molecular formula is C15H23ClN4O2. The average Bonchev–Trinajstić information content (AvgIpc) is 2.92. The molecule has 7 heteroatoms. The van der Waals surface area contributed by atoms with Gasteiger partial charge in [-0.1, -0.05) is 13.8 Å². The fourth-order valence-corrected chi connectivity index (χ4v) is 2.75. The molecule has 0 aliphatic carbocycles. The van der Waals surface area contributed by atoms with Gasteiger partial charge in [0.05, 0.1) is 0 Å². The number of aryl methyl sites for hydroxylation is 2. The van der Waals surface area contributed by atoms with E-state index < -0.39 is 0 Å². The van der Waals surface area contributed by atoms with Crippen LogP contribution < -0.4 is 11.2 Å². The molecule has 0 aliphatic rings. The molecule has 122 valence electrons. The van der Waals surface area contributed by atoms with E-state index >= 15 is 0 Å². The summed E-state index contributed by atoms with van der Waals surface area (Å²) in [5, 5.41) is 0. The van der Waals surface area contributed by atoms with Crippen molar-refractivity contribution in [1.29, 1.82) is 0 Å². The molecule has 6 nitrogen and oxygen atoms in total. The van der Waals surface area contributed by atoms with Crippen LogP contribution in [0, 0.1) is 0 Å². The molecule has 0 radical (unpaired) electrons. The van der Waals surface area contributed by atoms with Gasteiger partial charge in [0.15, 0.2) is 5.65 Å². The van der Waals surface area contributed by atoms with E-state index in [0.717, 1.165) is 37.9 Å². The summed E-state index contributed by atoms with van der Waals surface area (Å²) in [7, 11) is 0. The van der Waals surface area contributed by atoms with E-state index in [1.54, 1.807) is 4.57 Å². The molecule has 2 aromatic rings. The minimum Gasteiger partial charge on any atom is -0.336 e. The minimum atomic E-state index is -0.273. The maximum absolute atomic E-state index is 12.5. The highest BCUT2D eigenvalue weighted by Gasteiger charge is 2.16. The largest absolute Gasteiger partial charge is 0.336 e. The third-order valence-corrected chi connectivity index (χ3v) is 3.87. The molecule has 2 heterocycles. The van der Waals surface area contributed by atoms with Gasteiger partial charge in [-0.3, -0.25) is 13.9 Å². The van der Waals surface area contributed by atoms with E-state index in [4.69, 9.17) is 11.6 Å². The molecule has 0 bridgehead atoms. The van der Waals surface area contributed by atoms with Crippen LogP contribution in [0.5, 0.6) is 0 Å². The van der Waals surface area contributed by atoms with Gasteiger partial charge < -0.3 is 4.98 Å². The number of halogens is 1. The highest BCUT2D eigenvalue weighted by atomic mass is 35.5. The van der Waals surface area contributed by atoms with Crippen molar-refractivity contribution >= 4 is 22.8 Å². The molecule has 2 rings (SSSR count). The lowest BCUT2D eigenvalue weighted by Gasteiger charge is -2.09. The molecule has 2 aromatic heterocycles. The monoisotopic (exact) mass is 326 g/mol. The number of imidazole rings is 1. The number of hydrogen-bond acceptors (Lipinski definition) is 3. The smallest absolute Gasteiger partial charge is 0.332 e. The lowest BCUT2D eigenvalue weighted by molar-refractivity contribution is 0.555. The molecule has 22 heavy (non-hydrogen) atoms.